The van der Waals surface area contributed by atoms with Crippen molar-refractivity contribution in [1.29, 1.82) is 0 Å². The van der Waals surface area contributed by atoms with Crippen LogP contribution in [0, 0.1) is 0 Å². The van der Waals surface area contributed by atoms with Crippen molar-refractivity contribution in [2.75, 3.05) is 5.32 Å². The number of aromatic nitrogens is 2. The highest BCUT2D eigenvalue weighted by molar-refractivity contribution is 7.09. The van der Waals surface area contributed by atoms with Gasteiger partial charge in [0.25, 0.3) is 0 Å². The summed E-state index contributed by atoms with van der Waals surface area (Å²) in [4.78, 5) is 21.2. The molecule has 3 heterocycles. The van der Waals surface area contributed by atoms with E-state index in [2.05, 4.69) is 20.6 Å². The van der Waals surface area contributed by atoms with Crippen molar-refractivity contribution < 1.29 is 4.79 Å². The standard InChI is InChI=1S/C16H14N4OS/c21-16(19-11-14-2-1-9-22-14)20-13-3-4-15(18-10-13)12-5-7-17-8-6-12/h1-10H,11H2,(H2,19,20,21). The minimum absolute atomic E-state index is 0.244. The van der Waals surface area contributed by atoms with Crippen LogP contribution in [0.5, 0.6) is 0 Å². The molecule has 0 spiro atoms. The van der Waals surface area contributed by atoms with Crippen molar-refractivity contribution in [2.24, 2.45) is 0 Å². The number of carbonyl (C=O) groups excluding carboxylic acids is 1. The first kappa shape index (κ1) is 14.2. The smallest absolute Gasteiger partial charge is 0.319 e. The normalized spacial score (nSPS) is 10.2. The molecule has 0 fully saturated rings. The Bertz CT molecular complexity index is 727. The quantitative estimate of drug-likeness (QED) is 0.774. The number of amides is 2. The summed E-state index contributed by atoms with van der Waals surface area (Å²) in [5.74, 6) is 0. The number of pyridine rings is 2. The molecule has 3 rings (SSSR count). The Morgan fingerprint density at radius 3 is 2.68 bits per heavy atom. The number of carbonyl (C=O) groups is 1. The summed E-state index contributed by atoms with van der Waals surface area (Å²) in [6.07, 6.45) is 5.09. The first-order chi connectivity index (χ1) is 10.8. The first-order valence-corrected chi connectivity index (χ1v) is 7.63. The number of anilines is 1. The maximum absolute atomic E-state index is 11.8. The lowest BCUT2D eigenvalue weighted by atomic mass is 10.2. The van der Waals surface area contributed by atoms with Gasteiger partial charge >= 0.3 is 6.03 Å². The van der Waals surface area contributed by atoms with Crippen molar-refractivity contribution in [3.05, 3.63) is 65.2 Å². The molecule has 3 aromatic rings. The van der Waals surface area contributed by atoms with Crippen molar-refractivity contribution in [1.82, 2.24) is 15.3 Å². The number of urea groups is 1. The van der Waals surface area contributed by atoms with Gasteiger partial charge in [-0.15, -0.1) is 11.3 Å². The molecule has 0 radical (unpaired) electrons. The molecule has 0 aromatic carbocycles. The van der Waals surface area contributed by atoms with Crippen LogP contribution in [0.2, 0.25) is 0 Å². The van der Waals surface area contributed by atoms with Gasteiger partial charge in [-0.05, 0) is 35.7 Å². The highest BCUT2D eigenvalue weighted by atomic mass is 32.1. The Morgan fingerprint density at radius 1 is 1.14 bits per heavy atom. The van der Waals surface area contributed by atoms with Crippen molar-refractivity contribution in [3.8, 4) is 11.3 Å². The van der Waals surface area contributed by atoms with Crippen LogP contribution in [-0.2, 0) is 6.54 Å². The molecule has 2 amide bonds. The summed E-state index contributed by atoms with van der Waals surface area (Å²) in [7, 11) is 0. The number of rotatable bonds is 4. The molecule has 0 aliphatic rings. The van der Waals surface area contributed by atoms with Gasteiger partial charge in [0.2, 0.25) is 0 Å². The number of hydrogen-bond acceptors (Lipinski definition) is 4. The van der Waals surface area contributed by atoms with Crippen LogP contribution in [0.3, 0.4) is 0 Å². The molecule has 0 unspecified atom stereocenters. The van der Waals surface area contributed by atoms with Gasteiger partial charge in [-0.2, -0.15) is 0 Å². The third-order valence-electron chi connectivity index (χ3n) is 3.00. The molecular weight excluding hydrogens is 296 g/mol. The van der Waals surface area contributed by atoms with Gasteiger partial charge in [0.05, 0.1) is 24.1 Å². The number of nitrogens with one attached hydrogen (secondary N) is 2. The molecule has 3 aromatic heterocycles. The van der Waals surface area contributed by atoms with Crippen LogP contribution in [0.4, 0.5) is 10.5 Å². The van der Waals surface area contributed by atoms with Gasteiger partial charge in [0.15, 0.2) is 0 Å². The van der Waals surface area contributed by atoms with Gasteiger partial charge in [0.1, 0.15) is 0 Å². The second-order valence-corrected chi connectivity index (χ2v) is 5.59. The van der Waals surface area contributed by atoms with Gasteiger partial charge in [-0.25, -0.2) is 4.79 Å². The second kappa shape index (κ2) is 6.82. The summed E-state index contributed by atoms with van der Waals surface area (Å²) < 4.78 is 0. The molecule has 110 valence electrons. The predicted octanol–water partition coefficient (Wildman–Crippen LogP) is 3.53. The molecule has 0 bridgehead atoms. The average molecular weight is 310 g/mol. The van der Waals surface area contributed by atoms with Gasteiger partial charge in [-0.1, -0.05) is 6.07 Å². The zero-order chi connectivity index (χ0) is 15.2. The third kappa shape index (κ3) is 3.67. The van der Waals surface area contributed by atoms with E-state index in [1.54, 1.807) is 29.9 Å². The Labute approximate surface area is 132 Å². The summed E-state index contributed by atoms with van der Waals surface area (Å²) in [5, 5.41) is 7.55. The van der Waals surface area contributed by atoms with Crippen LogP contribution in [-0.4, -0.2) is 16.0 Å². The molecule has 0 atom stereocenters. The lowest BCUT2D eigenvalue weighted by molar-refractivity contribution is 0.252. The van der Waals surface area contributed by atoms with Crippen molar-refractivity contribution >= 4 is 23.1 Å². The third-order valence-corrected chi connectivity index (χ3v) is 3.88. The molecule has 0 saturated carbocycles. The summed E-state index contributed by atoms with van der Waals surface area (Å²) >= 11 is 1.61. The Kier molecular flexibility index (Phi) is 4.41. The van der Waals surface area contributed by atoms with Gasteiger partial charge in [-0.3, -0.25) is 9.97 Å². The maximum Gasteiger partial charge on any atom is 0.319 e. The van der Waals surface area contributed by atoms with Crippen LogP contribution in [0.25, 0.3) is 11.3 Å². The highest BCUT2D eigenvalue weighted by Gasteiger charge is 2.04. The largest absolute Gasteiger partial charge is 0.333 e. The first-order valence-electron chi connectivity index (χ1n) is 6.75. The fourth-order valence-electron chi connectivity index (χ4n) is 1.92. The van der Waals surface area contributed by atoms with E-state index in [9.17, 15) is 4.79 Å². The molecule has 5 nitrogen and oxygen atoms in total. The Balaban J connectivity index is 1.58. The molecule has 6 heteroatoms. The monoisotopic (exact) mass is 310 g/mol. The van der Waals surface area contributed by atoms with E-state index < -0.39 is 0 Å². The average Bonchev–Trinajstić information content (AvgIpc) is 3.08. The molecule has 0 aliphatic heterocycles. The molecule has 22 heavy (non-hydrogen) atoms. The number of nitrogens with zero attached hydrogens (tertiary/aromatic N) is 2. The fourth-order valence-corrected chi connectivity index (χ4v) is 2.56. The zero-order valence-corrected chi connectivity index (χ0v) is 12.5. The van der Waals surface area contributed by atoms with E-state index in [4.69, 9.17) is 0 Å². The SMILES string of the molecule is O=C(NCc1cccs1)Nc1ccc(-c2ccncc2)nc1. The molecule has 2 N–H and O–H groups in total. The van der Waals surface area contributed by atoms with Crippen molar-refractivity contribution in [3.63, 3.8) is 0 Å². The maximum atomic E-state index is 11.8. The Morgan fingerprint density at radius 2 is 2.00 bits per heavy atom. The molecule has 0 saturated heterocycles. The fraction of sp³-hybridized carbons (Fsp3) is 0.0625. The van der Waals surface area contributed by atoms with Crippen LogP contribution in [0.15, 0.2) is 60.4 Å². The highest BCUT2D eigenvalue weighted by Crippen LogP contribution is 2.17. The molecular formula is C16H14N4OS. The Hall–Kier alpha value is -2.73. The van der Waals surface area contributed by atoms with Crippen molar-refractivity contribution in [2.45, 2.75) is 6.54 Å². The minimum atomic E-state index is -0.244. The summed E-state index contributed by atoms with van der Waals surface area (Å²) in [6, 6.07) is 11.2. The van der Waals surface area contributed by atoms with Crippen LogP contribution in [0.1, 0.15) is 4.88 Å². The van der Waals surface area contributed by atoms with Crippen LogP contribution < -0.4 is 10.6 Å². The minimum Gasteiger partial charge on any atom is -0.333 e. The van der Waals surface area contributed by atoms with Gasteiger partial charge in [0, 0.05) is 22.8 Å². The lowest BCUT2D eigenvalue weighted by Gasteiger charge is -2.07. The van der Waals surface area contributed by atoms with Gasteiger partial charge < -0.3 is 10.6 Å². The number of hydrogen-bond donors (Lipinski definition) is 2. The van der Waals surface area contributed by atoms with E-state index in [0.29, 0.717) is 12.2 Å². The zero-order valence-electron chi connectivity index (χ0n) is 11.7. The van der Waals surface area contributed by atoms with E-state index in [1.165, 1.54) is 0 Å². The summed E-state index contributed by atoms with van der Waals surface area (Å²) in [6.45, 7) is 0.520. The number of thiophene rings is 1. The van der Waals surface area contributed by atoms with E-state index >= 15 is 0 Å². The van der Waals surface area contributed by atoms with Crippen LogP contribution >= 0.6 is 11.3 Å². The topological polar surface area (TPSA) is 66.9 Å². The van der Waals surface area contributed by atoms with E-state index in [-0.39, 0.29) is 6.03 Å². The second-order valence-electron chi connectivity index (χ2n) is 4.56. The van der Waals surface area contributed by atoms with E-state index in [1.807, 2.05) is 41.8 Å². The van der Waals surface area contributed by atoms with E-state index in [0.717, 1.165) is 16.1 Å². The molecule has 0 aliphatic carbocycles. The predicted molar refractivity (Wildman–Crippen MR) is 87.6 cm³/mol. The summed E-state index contributed by atoms with van der Waals surface area (Å²) in [5.41, 5.74) is 2.48. The lowest BCUT2D eigenvalue weighted by Crippen LogP contribution is -2.27.